The van der Waals surface area contributed by atoms with E-state index in [9.17, 15) is 23.6 Å². The Labute approximate surface area is 190 Å². The van der Waals surface area contributed by atoms with Crippen LogP contribution in [-0.4, -0.2) is 52.6 Å². The molecule has 1 N–H and O–H groups in total. The lowest BCUT2D eigenvalue weighted by atomic mass is 9.89. The first-order valence-electron chi connectivity index (χ1n) is 11.2. The Bertz CT molecular complexity index is 1160. The molecule has 8 heteroatoms. The molecule has 0 bridgehead atoms. The van der Waals surface area contributed by atoms with Crippen LogP contribution < -0.4 is 5.32 Å². The lowest BCUT2D eigenvalue weighted by Crippen LogP contribution is -2.54. The maximum atomic E-state index is 14.1. The molecule has 0 spiro atoms. The quantitative estimate of drug-likeness (QED) is 0.726. The van der Waals surface area contributed by atoms with Gasteiger partial charge in [-0.15, -0.1) is 0 Å². The van der Waals surface area contributed by atoms with Crippen molar-refractivity contribution in [2.24, 2.45) is 0 Å². The number of likely N-dealkylation sites (tertiary alicyclic amines) is 1. The number of carbonyl (C=O) groups excluding carboxylic acids is 4. The normalized spacial score (nSPS) is 22.0. The smallest absolute Gasteiger partial charge is 0.262 e. The molecule has 1 atom stereocenters. The molecule has 3 aliphatic rings. The first kappa shape index (κ1) is 21.5. The number of benzene rings is 2. The Morgan fingerprint density at radius 1 is 0.909 bits per heavy atom. The monoisotopic (exact) mass is 449 g/mol. The second kappa shape index (κ2) is 8.51. The van der Waals surface area contributed by atoms with Gasteiger partial charge < -0.3 is 0 Å². The molecule has 4 amide bonds. The number of amides is 4. The molecule has 2 fully saturated rings. The van der Waals surface area contributed by atoms with Gasteiger partial charge in [0.25, 0.3) is 11.8 Å². The van der Waals surface area contributed by atoms with Crippen LogP contribution in [0.5, 0.6) is 0 Å². The van der Waals surface area contributed by atoms with Crippen molar-refractivity contribution in [3.8, 4) is 0 Å². The van der Waals surface area contributed by atoms with Gasteiger partial charge in [0, 0.05) is 13.0 Å². The first-order chi connectivity index (χ1) is 15.9. The molecule has 170 valence electrons. The van der Waals surface area contributed by atoms with Crippen LogP contribution in [0.1, 0.15) is 63.4 Å². The predicted molar refractivity (Wildman–Crippen MR) is 117 cm³/mol. The maximum absolute atomic E-state index is 14.1. The molecule has 2 aromatic carbocycles. The van der Waals surface area contributed by atoms with Gasteiger partial charge >= 0.3 is 0 Å². The average Bonchev–Trinajstić information content (AvgIpc) is 3.05. The number of nitrogens with one attached hydrogen (secondary N) is 1. The summed E-state index contributed by atoms with van der Waals surface area (Å²) in [5, 5.41) is 2.20. The highest BCUT2D eigenvalue weighted by molar-refractivity contribution is 6.23. The summed E-state index contributed by atoms with van der Waals surface area (Å²) in [6, 6.07) is 11.2. The summed E-state index contributed by atoms with van der Waals surface area (Å²) < 4.78 is 14.1. The first-order valence-corrected chi connectivity index (χ1v) is 11.2. The third-order valence-electron chi connectivity index (χ3n) is 6.84. The fraction of sp³-hybridized carbons (Fsp3) is 0.360. The van der Waals surface area contributed by atoms with E-state index < -0.39 is 29.7 Å². The zero-order chi connectivity index (χ0) is 23.1. The third kappa shape index (κ3) is 3.95. The molecule has 5 rings (SSSR count). The second-order valence-corrected chi connectivity index (χ2v) is 8.90. The second-order valence-electron chi connectivity index (χ2n) is 8.90. The number of hydrogen-bond acceptors (Lipinski definition) is 5. The lowest BCUT2D eigenvalue weighted by molar-refractivity contribution is -0.136. The number of hydrogen-bond donors (Lipinski definition) is 1. The van der Waals surface area contributed by atoms with E-state index in [2.05, 4.69) is 10.2 Å². The van der Waals surface area contributed by atoms with Crippen LogP contribution in [0.4, 0.5) is 4.39 Å². The van der Waals surface area contributed by atoms with Gasteiger partial charge in [-0.3, -0.25) is 34.3 Å². The molecule has 33 heavy (non-hydrogen) atoms. The predicted octanol–water partition coefficient (Wildman–Crippen LogP) is 2.61. The number of nitrogens with zero attached hydrogens (tertiary/aromatic N) is 2. The fourth-order valence-corrected chi connectivity index (χ4v) is 5.08. The van der Waals surface area contributed by atoms with Gasteiger partial charge in [-0.2, -0.15) is 0 Å². The summed E-state index contributed by atoms with van der Waals surface area (Å²) in [5.74, 6) is -1.96. The van der Waals surface area contributed by atoms with Crippen LogP contribution in [-0.2, 0) is 16.1 Å². The Morgan fingerprint density at radius 3 is 2.36 bits per heavy atom. The SMILES string of the molecule is O=C1CCC(N2C(=O)c3ccc(CN4CCC(c5ccccc5F)CC4)cc3C2=O)C(=O)N1. The summed E-state index contributed by atoms with van der Waals surface area (Å²) in [5.41, 5.74) is 2.26. The van der Waals surface area contributed by atoms with Gasteiger partial charge in [-0.05, 0) is 67.6 Å². The lowest BCUT2D eigenvalue weighted by Gasteiger charge is -2.32. The van der Waals surface area contributed by atoms with Crippen molar-refractivity contribution in [1.29, 1.82) is 0 Å². The zero-order valence-corrected chi connectivity index (χ0v) is 18.1. The summed E-state index contributed by atoms with van der Waals surface area (Å²) in [4.78, 5) is 52.7. The molecule has 0 aliphatic carbocycles. The largest absolute Gasteiger partial charge is 0.299 e. The zero-order valence-electron chi connectivity index (χ0n) is 18.1. The van der Waals surface area contributed by atoms with Crippen LogP contribution in [0.15, 0.2) is 42.5 Å². The van der Waals surface area contributed by atoms with E-state index in [4.69, 9.17) is 0 Å². The van der Waals surface area contributed by atoms with E-state index >= 15 is 0 Å². The minimum Gasteiger partial charge on any atom is -0.299 e. The number of rotatable bonds is 4. The van der Waals surface area contributed by atoms with Crippen molar-refractivity contribution in [2.45, 2.75) is 44.2 Å². The van der Waals surface area contributed by atoms with Crippen LogP contribution in [0.25, 0.3) is 0 Å². The van der Waals surface area contributed by atoms with E-state index in [0.717, 1.165) is 42.0 Å². The van der Waals surface area contributed by atoms with Crippen LogP contribution in [0, 0.1) is 5.82 Å². The molecule has 2 saturated heterocycles. The summed E-state index contributed by atoms with van der Waals surface area (Å²) in [6.45, 7) is 2.24. The van der Waals surface area contributed by atoms with E-state index in [1.54, 1.807) is 18.2 Å². The highest BCUT2D eigenvalue weighted by atomic mass is 19.1. The van der Waals surface area contributed by atoms with Crippen LogP contribution >= 0.6 is 0 Å². The van der Waals surface area contributed by atoms with Crippen molar-refractivity contribution in [2.75, 3.05) is 13.1 Å². The summed E-state index contributed by atoms with van der Waals surface area (Å²) in [6.07, 6.45) is 1.94. The third-order valence-corrected chi connectivity index (χ3v) is 6.84. The van der Waals surface area contributed by atoms with E-state index in [0.29, 0.717) is 12.1 Å². The molecule has 0 saturated carbocycles. The number of piperidine rings is 2. The van der Waals surface area contributed by atoms with Crippen molar-refractivity contribution in [1.82, 2.24) is 15.1 Å². The summed E-state index contributed by atoms with van der Waals surface area (Å²) in [7, 11) is 0. The van der Waals surface area contributed by atoms with Gasteiger partial charge in [-0.1, -0.05) is 24.3 Å². The highest BCUT2D eigenvalue weighted by Crippen LogP contribution is 2.32. The number of imide groups is 2. The van der Waals surface area contributed by atoms with Crippen molar-refractivity contribution in [3.63, 3.8) is 0 Å². The molecule has 0 radical (unpaired) electrons. The minimum atomic E-state index is -0.962. The van der Waals surface area contributed by atoms with Gasteiger partial charge in [0.15, 0.2) is 0 Å². The highest BCUT2D eigenvalue weighted by Gasteiger charge is 2.44. The van der Waals surface area contributed by atoms with E-state index in [1.165, 1.54) is 6.07 Å². The molecular formula is C25H24FN3O4. The van der Waals surface area contributed by atoms with Crippen molar-refractivity contribution < 1.29 is 23.6 Å². The van der Waals surface area contributed by atoms with Gasteiger partial charge in [0.2, 0.25) is 11.8 Å². The van der Waals surface area contributed by atoms with E-state index in [1.807, 2.05) is 18.2 Å². The van der Waals surface area contributed by atoms with Crippen LogP contribution in [0.3, 0.4) is 0 Å². The van der Waals surface area contributed by atoms with Gasteiger partial charge in [-0.25, -0.2) is 4.39 Å². The fourth-order valence-electron chi connectivity index (χ4n) is 5.08. The molecule has 0 aromatic heterocycles. The minimum absolute atomic E-state index is 0.0951. The maximum Gasteiger partial charge on any atom is 0.262 e. The molecule has 2 aromatic rings. The Hall–Kier alpha value is -3.39. The van der Waals surface area contributed by atoms with Crippen LogP contribution in [0.2, 0.25) is 0 Å². The Kier molecular flexibility index (Phi) is 5.54. The Morgan fingerprint density at radius 2 is 1.64 bits per heavy atom. The van der Waals surface area contributed by atoms with Crippen molar-refractivity contribution >= 4 is 23.6 Å². The summed E-state index contributed by atoms with van der Waals surface area (Å²) >= 11 is 0. The topological polar surface area (TPSA) is 86.8 Å². The molecule has 7 nitrogen and oxygen atoms in total. The standard InChI is InChI=1S/C25H24FN3O4/c26-20-4-2-1-3-17(20)16-9-11-28(12-10-16)14-15-5-6-18-19(13-15)25(33)29(24(18)32)21-7-8-22(30)27-23(21)31/h1-6,13,16,21H,7-12,14H2,(H,27,30,31). The Balaban J connectivity index is 1.26. The van der Waals surface area contributed by atoms with E-state index in [-0.39, 0.29) is 30.1 Å². The molecule has 3 heterocycles. The molecule has 1 unspecified atom stereocenters. The van der Waals surface area contributed by atoms with Crippen molar-refractivity contribution in [3.05, 3.63) is 70.5 Å². The van der Waals surface area contributed by atoms with Gasteiger partial charge in [0.1, 0.15) is 11.9 Å². The number of halogens is 1. The average molecular weight is 449 g/mol. The molecular weight excluding hydrogens is 425 g/mol. The van der Waals surface area contributed by atoms with Gasteiger partial charge in [0.05, 0.1) is 11.1 Å². The molecule has 3 aliphatic heterocycles. The number of fused-ring (bicyclic) bond motifs is 1. The number of carbonyl (C=O) groups is 4.